The third kappa shape index (κ3) is 3.26. The van der Waals surface area contributed by atoms with Crippen molar-refractivity contribution in [3.63, 3.8) is 0 Å². The van der Waals surface area contributed by atoms with Crippen molar-refractivity contribution in [2.75, 3.05) is 19.6 Å². The van der Waals surface area contributed by atoms with Crippen LogP contribution in [-0.2, 0) is 19.5 Å². The van der Waals surface area contributed by atoms with E-state index in [1.165, 1.54) is 36.2 Å². The summed E-state index contributed by atoms with van der Waals surface area (Å²) in [4.78, 5) is 5.21. The van der Waals surface area contributed by atoms with E-state index in [-0.39, 0.29) is 0 Å². The van der Waals surface area contributed by atoms with E-state index in [0.29, 0.717) is 11.8 Å². The van der Waals surface area contributed by atoms with E-state index in [4.69, 9.17) is 0 Å². The topological polar surface area (TPSA) is 26.7 Å². The lowest BCUT2D eigenvalue weighted by Crippen LogP contribution is -2.40. The minimum atomic E-state index is 0.395. The van der Waals surface area contributed by atoms with Gasteiger partial charge in [-0.25, -0.2) is 0 Å². The van der Waals surface area contributed by atoms with Gasteiger partial charge in [-0.3, -0.25) is 9.80 Å². The van der Waals surface area contributed by atoms with E-state index in [9.17, 15) is 5.11 Å². The van der Waals surface area contributed by atoms with E-state index < -0.39 is 0 Å². The molecule has 0 aliphatic carbocycles. The first-order valence-electron chi connectivity index (χ1n) is 8.59. The van der Waals surface area contributed by atoms with Gasteiger partial charge >= 0.3 is 0 Å². The van der Waals surface area contributed by atoms with E-state index in [1.807, 2.05) is 12.1 Å². The van der Waals surface area contributed by atoms with E-state index in [1.54, 1.807) is 0 Å². The zero-order valence-electron chi connectivity index (χ0n) is 13.5. The van der Waals surface area contributed by atoms with E-state index in [2.05, 4.69) is 46.2 Å². The Labute approximate surface area is 138 Å². The maximum Gasteiger partial charge on any atom is 0.115 e. The summed E-state index contributed by atoms with van der Waals surface area (Å²) in [6, 6.07) is 17.3. The van der Waals surface area contributed by atoms with Gasteiger partial charge in [-0.2, -0.15) is 0 Å². The van der Waals surface area contributed by atoms with Crippen LogP contribution in [0, 0.1) is 0 Å². The molecule has 0 bridgehead atoms. The molecule has 0 spiro atoms. The van der Waals surface area contributed by atoms with Crippen molar-refractivity contribution in [2.24, 2.45) is 0 Å². The van der Waals surface area contributed by atoms with Crippen LogP contribution in [0.25, 0.3) is 0 Å². The standard InChI is InChI=1S/C20H24N2O/c23-20-7-6-18-14-22(11-8-17(18)12-20)19-9-10-21(15-19)13-16-4-2-1-3-5-16/h1-7,12,19,23H,8-11,13-15H2/t19-/m1/s1. The van der Waals surface area contributed by atoms with Crippen molar-refractivity contribution in [1.29, 1.82) is 0 Å². The summed E-state index contributed by atoms with van der Waals surface area (Å²) in [5.74, 6) is 0.395. The fourth-order valence-corrected chi connectivity index (χ4v) is 3.97. The summed E-state index contributed by atoms with van der Waals surface area (Å²) >= 11 is 0. The van der Waals surface area contributed by atoms with Gasteiger partial charge in [-0.15, -0.1) is 0 Å². The summed E-state index contributed by atoms with van der Waals surface area (Å²) in [6.45, 7) is 5.57. The van der Waals surface area contributed by atoms with Gasteiger partial charge in [0.15, 0.2) is 0 Å². The Morgan fingerprint density at radius 1 is 1.00 bits per heavy atom. The predicted octanol–water partition coefficient (Wildman–Crippen LogP) is 3.02. The molecule has 2 aliphatic rings. The third-order valence-corrected chi connectivity index (χ3v) is 5.24. The molecular formula is C20H24N2O. The highest BCUT2D eigenvalue weighted by Crippen LogP contribution is 2.27. The van der Waals surface area contributed by atoms with Gasteiger partial charge in [0.1, 0.15) is 5.75 Å². The summed E-state index contributed by atoms with van der Waals surface area (Å²) in [7, 11) is 0. The number of benzene rings is 2. The summed E-state index contributed by atoms with van der Waals surface area (Å²) in [5.41, 5.74) is 4.11. The van der Waals surface area contributed by atoms with Crippen LogP contribution >= 0.6 is 0 Å². The molecule has 0 saturated carbocycles. The lowest BCUT2D eigenvalue weighted by Gasteiger charge is -2.33. The molecule has 2 aliphatic heterocycles. The average Bonchev–Trinajstić information content (AvgIpc) is 3.04. The monoisotopic (exact) mass is 308 g/mol. The van der Waals surface area contributed by atoms with Crippen LogP contribution in [0.3, 0.4) is 0 Å². The molecule has 0 aromatic heterocycles. The van der Waals surface area contributed by atoms with Crippen LogP contribution in [-0.4, -0.2) is 40.6 Å². The Balaban J connectivity index is 1.38. The van der Waals surface area contributed by atoms with Gasteiger partial charge in [0, 0.05) is 38.8 Å². The first-order chi connectivity index (χ1) is 11.3. The molecule has 1 atom stereocenters. The SMILES string of the molecule is Oc1ccc2c(c1)CCN([C@@H]1CCN(Cc3ccccc3)C1)C2. The molecule has 4 rings (SSSR count). The number of hydrogen-bond donors (Lipinski definition) is 1. The lowest BCUT2D eigenvalue weighted by atomic mass is 9.98. The Kier molecular flexibility index (Phi) is 4.06. The largest absolute Gasteiger partial charge is 0.508 e. The van der Waals surface area contributed by atoms with Gasteiger partial charge in [0.25, 0.3) is 0 Å². The van der Waals surface area contributed by atoms with Gasteiger partial charge in [-0.05, 0) is 41.7 Å². The Bertz CT molecular complexity index is 671. The molecule has 2 heterocycles. The van der Waals surface area contributed by atoms with Crippen molar-refractivity contribution in [1.82, 2.24) is 9.80 Å². The summed E-state index contributed by atoms with van der Waals surface area (Å²) in [5, 5.41) is 9.62. The highest BCUT2D eigenvalue weighted by Gasteiger charge is 2.29. The first-order valence-corrected chi connectivity index (χ1v) is 8.59. The molecular weight excluding hydrogens is 284 g/mol. The number of phenolic OH excluding ortho intramolecular Hbond substituents is 1. The van der Waals surface area contributed by atoms with Gasteiger partial charge in [0.05, 0.1) is 0 Å². The molecule has 1 fully saturated rings. The minimum absolute atomic E-state index is 0.395. The zero-order valence-corrected chi connectivity index (χ0v) is 13.5. The van der Waals surface area contributed by atoms with Crippen LogP contribution in [0.2, 0.25) is 0 Å². The maximum absolute atomic E-state index is 9.62. The second-order valence-corrected chi connectivity index (χ2v) is 6.84. The molecule has 3 nitrogen and oxygen atoms in total. The number of hydrogen-bond acceptors (Lipinski definition) is 3. The van der Waals surface area contributed by atoms with Crippen molar-refractivity contribution < 1.29 is 5.11 Å². The van der Waals surface area contributed by atoms with Gasteiger partial charge < -0.3 is 5.11 Å². The molecule has 23 heavy (non-hydrogen) atoms. The molecule has 0 radical (unpaired) electrons. The van der Waals surface area contributed by atoms with Gasteiger partial charge in [0.2, 0.25) is 0 Å². The average molecular weight is 308 g/mol. The fraction of sp³-hybridized carbons (Fsp3) is 0.400. The number of fused-ring (bicyclic) bond motifs is 1. The smallest absolute Gasteiger partial charge is 0.115 e. The Morgan fingerprint density at radius 3 is 2.74 bits per heavy atom. The zero-order chi connectivity index (χ0) is 15.6. The lowest BCUT2D eigenvalue weighted by molar-refractivity contribution is 0.175. The van der Waals surface area contributed by atoms with E-state index >= 15 is 0 Å². The number of aromatic hydroxyl groups is 1. The molecule has 2 aromatic rings. The highest BCUT2D eigenvalue weighted by molar-refractivity contribution is 5.36. The summed E-state index contributed by atoms with van der Waals surface area (Å²) in [6.07, 6.45) is 2.32. The number of likely N-dealkylation sites (tertiary alicyclic amines) is 1. The molecule has 120 valence electrons. The fourth-order valence-electron chi connectivity index (χ4n) is 3.97. The van der Waals surface area contributed by atoms with Crippen LogP contribution < -0.4 is 0 Å². The first kappa shape index (κ1) is 14.7. The molecule has 0 amide bonds. The Morgan fingerprint density at radius 2 is 1.87 bits per heavy atom. The number of rotatable bonds is 3. The third-order valence-electron chi connectivity index (χ3n) is 5.24. The van der Waals surface area contributed by atoms with E-state index in [0.717, 1.165) is 26.1 Å². The van der Waals surface area contributed by atoms with Gasteiger partial charge in [-0.1, -0.05) is 36.4 Å². The molecule has 3 heteroatoms. The summed E-state index contributed by atoms with van der Waals surface area (Å²) < 4.78 is 0. The van der Waals surface area contributed by atoms with Crippen LogP contribution in [0.4, 0.5) is 0 Å². The molecule has 1 saturated heterocycles. The normalized spacial score (nSPS) is 22.2. The maximum atomic E-state index is 9.62. The second kappa shape index (κ2) is 6.34. The quantitative estimate of drug-likeness (QED) is 0.944. The molecule has 1 N–H and O–H groups in total. The van der Waals surface area contributed by atoms with Crippen LogP contribution in [0.15, 0.2) is 48.5 Å². The van der Waals surface area contributed by atoms with Crippen molar-refractivity contribution in [3.05, 3.63) is 65.2 Å². The van der Waals surface area contributed by atoms with Crippen LogP contribution in [0.5, 0.6) is 5.75 Å². The minimum Gasteiger partial charge on any atom is -0.508 e. The Hall–Kier alpha value is -1.84. The predicted molar refractivity (Wildman–Crippen MR) is 92.3 cm³/mol. The molecule has 0 unspecified atom stereocenters. The highest BCUT2D eigenvalue weighted by atomic mass is 16.3. The van der Waals surface area contributed by atoms with Crippen molar-refractivity contribution >= 4 is 0 Å². The number of nitrogens with zero attached hydrogens (tertiary/aromatic N) is 2. The van der Waals surface area contributed by atoms with Crippen molar-refractivity contribution in [2.45, 2.75) is 32.0 Å². The number of phenols is 1. The second-order valence-electron chi connectivity index (χ2n) is 6.84. The van der Waals surface area contributed by atoms with Crippen molar-refractivity contribution in [3.8, 4) is 5.75 Å². The van der Waals surface area contributed by atoms with Crippen LogP contribution in [0.1, 0.15) is 23.1 Å². The molecule has 2 aromatic carbocycles.